The van der Waals surface area contributed by atoms with Crippen LogP contribution in [0.1, 0.15) is 35.6 Å². The minimum Gasteiger partial charge on any atom is -0.373 e. The van der Waals surface area contributed by atoms with E-state index >= 15 is 0 Å². The standard InChI is InChI=1S/C13H15NO4S/c1-8-3-6-12(19(16,17)18)9(2)13(8)11-5-4-10(7-15)14-11/h3,6,11,14H,4-5H2,1-2H3,(H,16,17,18)/t11-/m0/s1. The molecule has 5 nitrogen and oxygen atoms in total. The van der Waals surface area contributed by atoms with E-state index < -0.39 is 10.1 Å². The monoisotopic (exact) mass is 281 g/mol. The van der Waals surface area contributed by atoms with Gasteiger partial charge in [-0.15, -0.1) is 0 Å². The largest absolute Gasteiger partial charge is 0.373 e. The third-order valence-electron chi connectivity index (χ3n) is 3.46. The first-order chi connectivity index (χ1) is 8.84. The predicted octanol–water partition coefficient (Wildman–Crippen LogP) is 1.69. The SMILES string of the molecule is Cc1ccc(S(=O)(=O)O)c(C)c1[C@@H]1CCC(=C=O)N1. The lowest BCUT2D eigenvalue weighted by Gasteiger charge is -2.19. The summed E-state index contributed by atoms with van der Waals surface area (Å²) in [6, 6.07) is 2.95. The molecule has 0 spiro atoms. The van der Waals surface area contributed by atoms with E-state index in [1.165, 1.54) is 6.07 Å². The van der Waals surface area contributed by atoms with Gasteiger partial charge in [-0.25, -0.2) is 4.79 Å². The van der Waals surface area contributed by atoms with Crippen LogP contribution in [0.4, 0.5) is 0 Å². The first kappa shape index (κ1) is 13.8. The van der Waals surface area contributed by atoms with Crippen LogP contribution in [0.2, 0.25) is 0 Å². The Balaban J connectivity index is 2.55. The van der Waals surface area contributed by atoms with E-state index in [-0.39, 0.29) is 10.9 Å². The van der Waals surface area contributed by atoms with Crippen molar-refractivity contribution in [3.63, 3.8) is 0 Å². The van der Waals surface area contributed by atoms with Gasteiger partial charge in [-0.1, -0.05) is 6.07 Å². The number of rotatable bonds is 2. The smallest absolute Gasteiger partial charge is 0.294 e. The summed E-state index contributed by atoms with van der Waals surface area (Å²) in [5, 5.41) is 3.03. The fourth-order valence-electron chi connectivity index (χ4n) is 2.60. The lowest BCUT2D eigenvalue weighted by atomic mass is 9.95. The van der Waals surface area contributed by atoms with E-state index in [2.05, 4.69) is 5.32 Å². The van der Waals surface area contributed by atoms with Gasteiger partial charge < -0.3 is 5.32 Å². The van der Waals surface area contributed by atoms with E-state index in [9.17, 15) is 17.8 Å². The molecule has 1 atom stereocenters. The first-order valence-corrected chi connectivity index (χ1v) is 7.36. The van der Waals surface area contributed by atoms with Crippen LogP contribution < -0.4 is 5.32 Å². The number of carbonyl (C=O) groups excluding carboxylic acids is 1. The van der Waals surface area contributed by atoms with Crippen LogP contribution in [0.3, 0.4) is 0 Å². The zero-order valence-electron chi connectivity index (χ0n) is 10.7. The van der Waals surface area contributed by atoms with Crippen LogP contribution in [-0.2, 0) is 14.9 Å². The van der Waals surface area contributed by atoms with Gasteiger partial charge in [-0.05, 0) is 43.0 Å². The lowest BCUT2D eigenvalue weighted by molar-refractivity contribution is 0.482. The van der Waals surface area contributed by atoms with Crippen molar-refractivity contribution >= 4 is 16.1 Å². The minimum absolute atomic E-state index is 0.0848. The molecule has 102 valence electrons. The third kappa shape index (κ3) is 2.56. The molecule has 2 rings (SSSR count). The number of aryl methyl sites for hydroxylation is 1. The third-order valence-corrected chi connectivity index (χ3v) is 4.46. The van der Waals surface area contributed by atoms with Gasteiger partial charge in [0.05, 0.1) is 16.6 Å². The average Bonchev–Trinajstić information content (AvgIpc) is 2.75. The molecule has 0 unspecified atom stereocenters. The van der Waals surface area contributed by atoms with E-state index in [4.69, 9.17) is 0 Å². The normalized spacial score (nSPS) is 19.1. The number of allylic oxidation sites excluding steroid dienone is 1. The van der Waals surface area contributed by atoms with Crippen molar-refractivity contribution in [1.82, 2.24) is 5.32 Å². The molecule has 2 N–H and O–H groups in total. The zero-order valence-corrected chi connectivity index (χ0v) is 11.5. The Morgan fingerprint density at radius 2 is 2.05 bits per heavy atom. The molecule has 1 fully saturated rings. The molecule has 1 aromatic rings. The highest BCUT2D eigenvalue weighted by Gasteiger charge is 2.26. The molecule has 1 heterocycles. The topological polar surface area (TPSA) is 83.5 Å². The van der Waals surface area contributed by atoms with Crippen LogP contribution in [0.5, 0.6) is 0 Å². The molecule has 1 aromatic carbocycles. The molecule has 6 heteroatoms. The van der Waals surface area contributed by atoms with Gasteiger partial charge in [0.1, 0.15) is 5.94 Å². The Bertz CT molecular complexity index is 672. The van der Waals surface area contributed by atoms with Crippen LogP contribution in [0.25, 0.3) is 0 Å². The Morgan fingerprint density at radius 3 is 2.58 bits per heavy atom. The summed E-state index contributed by atoms with van der Waals surface area (Å²) in [6.07, 6.45) is 1.31. The summed E-state index contributed by atoms with van der Waals surface area (Å²) in [5.74, 6) is 1.84. The van der Waals surface area contributed by atoms with Crippen LogP contribution >= 0.6 is 0 Å². The van der Waals surface area contributed by atoms with Gasteiger partial charge in [0, 0.05) is 6.42 Å². The van der Waals surface area contributed by atoms with E-state index in [1.807, 2.05) is 12.9 Å². The second-order valence-electron chi connectivity index (χ2n) is 4.71. The van der Waals surface area contributed by atoms with Gasteiger partial charge in [-0.2, -0.15) is 8.42 Å². The van der Waals surface area contributed by atoms with Crippen molar-refractivity contribution < 1.29 is 17.8 Å². The van der Waals surface area contributed by atoms with Gasteiger partial charge in [-0.3, -0.25) is 4.55 Å². The molecule has 0 aliphatic carbocycles. The van der Waals surface area contributed by atoms with Gasteiger partial charge >= 0.3 is 0 Å². The second kappa shape index (κ2) is 4.81. The summed E-state index contributed by atoms with van der Waals surface area (Å²) in [5.41, 5.74) is 2.77. The summed E-state index contributed by atoms with van der Waals surface area (Å²) < 4.78 is 31.9. The van der Waals surface area contributed by atoms with Crippen LogP contribution in [0, 0.1) is 13.8 Å². The van der Waals surface area contributed by atoms with Crippen molar-refractivity contribution in [3.8, 4) is 0 Å². The van der Waals surface area contributed by atoms with Gasteiger partial charge in [0.15, 0.2) is 0 Å². The highest BCUT2D eigenvalue weighted by molar-refractivity contribution is 7.85. The molecule has 1 aliphatic rings. The van der Waals surface area contributed by atoms with Crippen molar-refractivity contribution in [1.29, 1.82) is 0 Å². The molecular formula is C13H15NO4S. The fourth-order valence-corrected chi connectivity index (χ4v) is 3.34. The molecule has 0 radical (unpaired) electrons. The van der Waals surface area contributed by atoms with Gasteiger partial charge in [0.2, 0.25) is 0 Å². The molecule has 0 aromatic heterocycles. The maximum atomic E-state index is 11.3. The maximum absolute atomic E-state index is 11.3. The minimum atomic E-state index is -4.23. The van der Waals surface area contributed by atoms with E-state index in [1.54, 1.807) is 13.0 Å². The Morgan fingerprint density at radius 1 is 1.37 bits per heavy atom. The number of nitrogens with one attached hydrogen (secondary N) is 1. The molecule has 0 saturated carbocycles. The number of benzene rings is 1. The fraction of sp³-hybridized carbons (Fsp3) is 0.385. The van der Waals surface area contributed by atoms with Crippen molar-refractivity contribution in [3.05, 3.63) is 34.5 Å². The van der Waals surface area contributed by atoms with Crippen LogP contribution in [-0.4, -0.2) is 18.9 Å². The van der Waals surface area contributed by atoms with Crippen LogP contribution in [0.15, 0.2) is 22.7 Å². The van der Waals surface area contributed by atoms with Crippen molar-refractivity contribution in [2.75, 3.05) is 0 Å². The molecular weight excluding hydrogens is 266 g/mol. The van der Waals surface area contributed by atoms with Crippen molar-refractivity contribution in [2.45, 2.75) is 37.6 Å². The summed E-state index contributed by atoms with van der Waals surface area (Å²) in [6.45, 7) is 3.54. The first-order valence-electron chi connectivity index (χ1n) is 5.92. The molecule has 0 bridgehead atoms. The molecule has 19 heavy (non-hydrogen) atoms. The molecule has 1 saturated heterocycles. The molecule has 0 amide bonds. The number of hydrogen-bond acceptors (Lipinski definition) is 4. The highest BCUT2D eigenvalue weighted by Crippen LogP contribution is 2.34. The maximum Gasteiger partial charge on any atom is 0.294 e. The zero-order chi connectivity index (χ0) is 14.2. The second-order valence-corrected chi connectivity index (χ2v) is 6.10. The quantitative estimate of drug-likeness (QED) is 0.636. The summed E-state index contributed by atoms with van der Waals surface area (Å²) in [4.78, 5) is 10.5. The Labute approximate surface area is 112 Å². The average molecular weight is 281 g/mol. The van der Waals surface area contributed by atoms with Gasteiger partial charge in [0.25, 0.3) is 10.1 Å². The Hall–Kier alpha value is -1.62. The molecule has 1 aliphatic heterocycles. The predicted molar refractivity (Wildman–Crippen MR) is 70.0 cm³/mol. The number of hydrogen-bond donors (Lipinski definition) is 2. The summed E-state index contributed by atoms with van der Waals surface area (Å²) in [7, 11) is -4.23. The lowest BCUT2D eigenvalue weighted by Crippen LogP contribution is -2.16. The van der Waals surface area contributed by atoms with Crippen molar-refractivity contribution in [2.24, 2.45) is 0 Å². The van der Waals surface area contributed by atoms with E-state index in [0.717, 1.165) is 11.1 Å². The Kier molecular flexibility index (Phi) is 3.49. The highest BCUT2D eigenvalue weighted by atomic mass is 32.2. The summed E-state index contributed by atoms with van der Waals surface area (Å²) >= 11 is 0. The van der Waals surface area contributed by atoms with E-state index in [0.29, 0.717) is 24.1 Å².